The van der Waals surface area contributed by atoms with Crippen molar-refractivity contribution in [1.82, 2.24) is 10.1 Å². The predicted octanol–water partition coefficient (Wildman–Crippen LogP) is 3.26. The molecular formula is C18H26N2O2. The summed E-state index contributed by atoms with van der Waals surface area (Å²) >= 11 is 0. The van der Waals surface area contributed by atoms with Crippen LogP contribution in [-0.4, -0.2) is 28.6 Å². The van der Waals surface area contributed by atoms with E-state index in [9.17, 15) is 4.79 Å². The highest BCUT2D eigenvalue weighted by atomic mass is 16.5. The Labute approximate surface area is 132 Å². The van der Waals surface area contributed by atoms with Gasteiger partial charge in [0.25, 0.3) is 0 Å². The van der Waals surface area contributed by atoms with Gasteiger partial charge < -0.3 is 9.42 Å². The fraction of sp³-hybridized carbons (Fsp3) is 0.778. The Morgan fingerprint density at radius 3 is 2.45 bits per heavy atom. The summed E-state index contributed by atoms with van der Waals surface area (Å²) in [5.41, 5.74) is 2.05. The fourth-order valence-electron chi connectivity index (χ4n) is 5.32. The molecule has 0 radical (unpaired) electrons. The van der Waals surface area contributed by atoms with Crippen LogP contribution in [0.25, 0.3) is 0 Å². The Morgan fingerprint density at radius 1 is 1.14 bits per heavy atom. The summed E-state index contributed by atoms with van der Waals surface area (Å²) in [6.45, 7) is 4.91. The highest BCUT2D eigenvalue weighted by Crippen LogP contribution is 2.47. The Balaban J connectivity index is 1.44. The fourth-order valence-corrected chi connectivity index (χ4v) is 5.32. The van der Waals surface area contributed by atoms with Gasteiger partial charge in [0.05, 0.1) is 5.69 Å². The lowest BCUT2D eigenvalue weighted by atomic mass is 9.68. The second-order valence-electron chi connectivity index (χ2n) is 7.78. The summed E-state index contributed by atoms with van der Waals surface area (Å²) in [6, 6.07) is 0.522. The maximum absolute atomic E-state index is 12.8. The molecule has 1 aromatic rings. The first-order valence-electron chi connectivity index (χ1n) is 8.81. The first kappa shape index (κ1) is 14.3. The van der Waals surface area contributed by atoms with Crippen molar-refractivity contribution >= 4 is 5.91 Å². The normalized spacial score (nSPS) is 33.3. The van der Waals surface area contributed by atoms with E-state index in [1.807, 2.05) is 13.8 Å². The quantitative estimate of drug-likeness (QED) is 0.861. The monoisotopic (exact) mass is 302 g/mol. The summed E-state index contributed by atoms with van der Waals surface area (Å²) in [7, 11) is 0. The molecule has 0 N–H and O–H groups in total. The van der Waals surface area contributed by atoms with Gasteiger partial charge in [-0.15, -0.1) is 0 Å². The van der Waals surface area contributed by atoms with E-state index < -0.39 is 0 Å². The average molecular weight is 302 g/mol. The molecule has 4 heteroatoms. The number of aryl methyl sites for hydroxylation is 2. The number of fused-ring (bicyclic) bond motifs is 1. The third kappa shape index (κ3) is 2.46. The lowest BCUT2D eigenvalue weighted by Gasteiger charge is -2.39. The highest BCUT2D eigenvalue weighted by molar-refractivity contribution is 5.77. The van der Waals surface area contributed by atoms with E-state index in [1.54, 1.807) is 0 Å². The van der Waals surface area contributed by atoms with Crippen LogP contribution in [0.3, 0.4) is 0 Å². The molecule has 2 saturated carbocycles. The lowest BCUT2D eigenvalue weighted by Crippen LogP contribution is -2.42. The molecule has 4 aliphatic rings. The SMILES string of the molecule is Cc1noc(C)c1CCC(=O)N1CC2C[C@@H]3CC1C[C@H](C2)C3. The second-order valence-corrected chi connectivity index (χ2v) is 7.78. The molecular weight excluding hydrogens is 276 g/mol. The number of rotatable bonds is 3. The molecule has 2 aliphatic heterocycles. The van der Waals surface area contributed by atoms with Crippen LogP contribution in [0.1, 0.15) is 55.5 Å². The standard InChI is InChI=1S/C18H26N2O2/c1-11-17(12(2)22-19-11)3-4-18(21)20-10-15-6-13-5-14(7-15)9-16(20)8-13/h13-16H,3-10H2,1-2H3/t13-,14+,15?,16?. The van der Waals surface area contributed by atoms with E-state index in [4.69, 9.17) is 4.52 Å². The van der Waals surface area contributed by atoms with E-state index in [-0.39, 0.29) is 0 Å². The van der Waals surface area contributed by atoms with Crippen molar-refractivity contribution in [2.75, 3.05) is 6.54 Å². The van der Waals surface area contributed by atoms with Crippen LogP contribution in [0.2, 0.25) is 0 Å². The third-order valence-corrected chi connectivity index (χ3v) is 6.20. The zero-order chi connectivity index (χ0) is 15.3. The molecule has 4 atom stereocenters. The maximum atomic E-state index is 12.8. The zero-order valence-electron chi connectivity index (χ0n) is 13.7. The van der Waals surface area contributed by atoms with Crippen molar-refractivity contribution in [1.29, 1.82) is 0 Å². The predicted molar refractivity (Wildman–Crippen MR) is 83.4 cm³/mol. The minimum Gasteiger partial charge on any atom is -0.361 e. The first-order chi connectivity index (χ1) is 10.6. The Bertz CT molecular complexity index is 546. The Kier molecular flexibility index (Phi) is 3.50. The summed E-state index contributed by atoms with van der Waals surface area (Å²) in [5.74, 6) is 3.75. The number of carbonyl (C=O) groups excluding carboxylic acids is 1. The molecule has 120 valence electrons. The minimum atomic E-state index is 0.346. The molecule has 4 fully saturated rings. The highest BCUT2D eigenvalue weighted by Gasteiger charge is 2.43. The number of amides is 1. The molecule has 0 spiro atoms. The van der Waals surface area contributed by atoms with E-state index in [0.717, 1.165) is 47.7 Å². The summed E-state index contributed by atoms with van der Waals surface area (Å²) in [6.07, 6.45) is 8.02. The molecule has 1 amide bonds. The Hall–Kier alpha value is -1.32. The molecule has 4 bridgehead atoms. The molecule has 2 aliphatic carbocycles. The van der Waals surface area contributed by atoms with Gasteiger partial charge in [-0.25, -0.2) is 0 Å². The van der Waals surface area contributed by atoms with E-state index in [1.165, 1.54) is 32.1 Å². The number of hydrogen-bond acceptors (Lipinski definition) is 3. The van der Waals surface area contributed by atoms with Gasteiger partial charge in [-0.2, -0.15) is 0 Å². The zero-order valence-corrected chi connectivity index (χ0v) is 13.7. The van der Waals surface area contributed by atoms with Crippen molar-refractivity contribution in [2.45, 2.75) is 64.8 Å². The van der Waals surface area contributed by atoms with Gasteiger partial charge >= 0.3 is 0 Å². The van der Waals surface area contributed by atoms with Crippen molar-refractivity contribution in [3.8, 4) is 0 Å². The van der Waals surface area contributed by atoms with Gasteiger partial charge in [0.2, 0.25) is 5.91 Å². The van der Waals surface area contributed by atoms with Crippen LogP contribution in [0.5, 0.6) is 0 Å². The molecule has 3 heterocycles. The van der Waals surface area contributed by atoms with Crippen LogP contribution in [0, 0.1) is 31.6 Å². The molecule has 22 heavy (non-hydrogen) atoms. The molecule has 2 unspecified atom stereocenters. The number of carbonyl (C=O) groups is 1. The number of aromatic nitrogens is 1. The van der Waals surface area contributed by atoms with Crippen LogP contribution in [0.15, 0.2) is 4.52 Å². The minimum absolute atomic E-state index is 0.346. The van der Waals surface area contributed by atoms with Crippen molar-refractivity contribution < 1.29 is 9.32 Å². The van der Waals surface area contributed by atoms with Gasteiger partial charge in [-0.3, -0.25) is 4.79 Å². The molecule has 2 saturated heterocycles. The van der Waals surface area contributed by atoms with Gasteiger partial charge in [-0.05, 0) is 70.1 Å². The van der Waals surface area contributed by atoms with Crippen LogP contribution in [0.4, 0.5) is 0 Å². The molecule has 4 nitrogen and oxygen atoms in total. The largest absolute Gasteiger partial charge is 0.361 e. The smallest absolute Gasteiger partial charge is 0.223 e. The summed E-state index contributed by atoms with van der Waals surface area (Å²) < 4.78 is 5.21. The van der Waals surface area contributed by atoms with E-state index in [2.05, 4.69) is 10.1 Å². The molecule has 1 aromatic heterocycles. The van der Waals surface area contributed by atoms with Crippen molar-refractivity contribution in [3.63, 3.8) is 0 Å². The number of nitrogens with zero attached hydrogens (tertiary/aromatic N) is 2. The lowest BCUT2D eigenvalue weighted by molar-refractivity contribution is -0.134. The van der Waals surface area contributed by atoms with Crippen molar-refractivity contribution in [3.05, 3.63) is 17.0 Å². The number of hydrogen-bond donors (Lipinski definition) is 0. The topological polar surface area (TPSA) is 46.3 Å². The van der Waals surface area contributed by atoms with Crippen LogP contribution in [-0.2, 0) is 11.2 Å². The molecule has 5 rings (SSSR count). The first-order valence-corrected chi connectivity index (χ1v) is 8.81. The third-order valence-electron chi connectivity index (χ3n) is 6.20. The van der Waals surface area contributed by atoms with Gasteiger partial charge in [0.15, 0.2) is 0 Å². The molecule has 0 aromatic carbocycles. The Morgan fingerprint density at radius 2 is 1.82 bits per heavy atom. The van der Waals surface area contributed by atoms with Gasteiger partial charge in [-0.1, -0.05) is 5.16 Å². The van der Waals surface area contributed by atoms with Gasteiger partial charge in [0, 0.05) is 24.6 Å². The second kappa shape index (κ2) is 5.39. The van der Waals surface area contributed by atoms with Crippen molar-refractivity contribution in [2.24, 2.45) is 17.8 Å². The van der Waals surface area contributed by atoms with Crippen LogP contribution >= 0.6 is 0 Å². The van der Waals surface area contributed by atoms with Gasteiger partial charge in [0.1, 0.15) is 5.76 Å². The van der Waals surface area contributed by atoms with E-state index in [0.29, 0.717) is 18.4 Å². The van der Waals surface area contributed by atoms with Crippen LogP contribution < -0.4 is 0 Å². The maximum Gasteiger partial charge on any atom is 0.223 e. The summed E-state index contributed by atoms with van der Waals surface area (Å²) in [4.78, 5) is 15.0. The average Bonchev–Trinajstić information content (AvgIpc) is 2.66. The summed E-state index contributed by atoms with van der Waals surface area (Å²) in [5, 5.41) is 3.99. The van der Waals surface area contributed by atoms with E-state index >= 15 is 0 Å².